The van der Waals surface area contributed by atoms with Gasteiger partial charge < -0.3 is 15.0 Å². The number of likely N-dealkylation sites (N-methyl/N-ethyl adjacent to an activating group) is 1. The summed E-state index contributed by atoms with van der Waals surface area (Å²) in [5.41, 5.74) is 1.21. The lowest BCUT2D eigenvalue weighted by Gasteiger charge is -2.14. The summed E-state index contributed by atoms with van der Waals surface area (Å²) in [4.78, 5) is 6.22. The van der Waals surface area contributed by atoms with E-state index >= 15 is 0 Å². The third kappa shape index (κ3) is 6.36. The molecule has 0 aliphatic carbocycles. The Hall–Kier alpha value is -0.970. The van der Waals surface area contributed by atoms with E-state index in [9.17, 15) is 0 Å². The van der Waals surface area contributed by atoms with Crippen LogP contribution in [0.3, 0.4) is 0 Å². The number of nitrogens with one attached hydrogen (secondary N) is 1. The van der Waals surface area contributed by atoms with Crippen LogP contribution in [0.1, 0.15) is 18.5 Å². The van der Waals surface area contributed by atoms with E-state index in [1.807, 2.05) is 26.4 Å². The maximum absolute atomic E-state index is 5.51. The molecular weight excluding hydrogens is 214 g/mol. The van der Waals surface area contributed by atoms with Gasteiger partial charge in [-0.25, -0.2) is 0 Å². The highest BCUT2D eigenvalue weighted by Gasteiger charge is 2.03. The average Bonchev–Trinajstić information content (AvgIpc) is 2.34. The molecule has 0 spiro atoms. The van der Waals surface area contributed by atoms with Gasteiger partial charge in [-0.1, -0.05) is 6.07 Å². The molecule has 0 aliphatic rings. The van der Waals surface area contributed by atoms with Gasteiger partial charge in [0.15, 0.2) is 0 Å². The summed E-state index contributed by atoms with van der Waals surface area (Å²) in [6.45, 7) is 5.51. The van der Waals surface area contributed by atoms with Crippen molar-refractivity contribution in [1.82, 2.24) is 15.2 Å². The molecule has 4 nitrogen and oxygen atoms in total. The molecule has 17 heavy (non-hydrogen) atoms. The first-order valence-corrected chi connectivity index (χ1v) is 6.06. The minimum absolute atomic E-state index is 0.321. The van der Waals surface area contributed by atoms with Crippen LogP contribution in [-0.2, 0) is 4.74 Å². The monoisotopic (exact) mass is 237 g/mol. The van der Waals surface area contributed by atoms with Gasteiger partial charge in [0.05, 0.1) is 13.2 Å². The van der Waals surface area contributed by atoms with E-state index in [-0.39, 0.29) is 0 Å². The van der Waals surface area contributed by atoms with Crippen molar-refractivity contribution in [3.63, 3.8) is 0 Å². The van der Waals surface area contributed by atoms with E-state index in [2.05, 4.69) is 28.2 Å². The van der Waals surface area contributed by atoms with Gasteiger partial charge in [-0.05, 0) is 32.6 Å². The molecule has 0 bridgehead atoms. The van der Waals surface area contributed by atoms with Crippen LogP contribution in [0.15, 0.2) is 24.5 Å². The third-order valence-corrected chi connectivity index (χ3v) is 2.56. The largest absolute Gasteiger partial charge is 0.379 e. The van der Waals surface area contributed by atoms with Crippen LogP contribution in [0.5, 0.6) is 0 Å². The summed E-state index contributed by atoms with van der Waals surface area (Å²) in [6.07, 6.45) is 3.69. The minimum atomic E-state index is 0.321. The van der Waals surface area contributed by atoms with Crippen molar-refractivity contribution in [2.24, 2.45) is 0 Å². The van der Waals surface area contributed by atoms with Gasteiger partial charge >= 0.3 is 0 Å². The van der Waals surface area contributed by atoms with Gasteiger partial charge in [-0.2, -0.15) is 0 Å². The maximum atomic E-state index is 5.51. The Labute approximate surface area is 104 Å². The number of pyridine rings is 1. The maximum Gasteiger partial charge on any atom is 0.0593 e. The first-order chi connectivity index (χ1) is 8.20. The highest BCUT2D eigenvalue weighted by molar-refractivity contribution is 5.12. The van der Waals surface area contributed by atoms with Crippen molar-refractivity contribution in [2.75, 3.05) is 40.4 Å². The molecule has 1 unspecified atom stereocenters. The molecule has 0 radical (unpaired) electrons. The Morgan fingerprint density at radius 2 is 2.24 bits per heavy atom. The molecule has 1 aromatic heterocycles. The molecule has 96 valence electrons. The van der Waals surface area contributed by atoms with E-state index in [0.29, 0.717) is 6.04 Å². The van der Waals surface area contributed by atoms with Gasteiger partial charge in [-0.3, -0.25) is 4.98 Å². The topological polar surface area (TPSA) is 37.4 Å². The lowest BCUT2D eigenvalue weighted by molar-refractivity contribution is 0.118. The van der Waals surface area contributed by atoms with Crippen LogP contribution in [0.4, 0.5) is 0 Å². The smallest absolute Gasteiger partial charge is 0.0593 e. The normalized spacial score (nSPS) is 12.9. The predicted octanol–water partition coefficient (Wildman–Crippen LogP) is 1.31. The zero-order valence-corrected chi connectivity index (χ0v) is 11.0. The number of nitrogens with zero attached hydrogens (tertiary/aromatic N) is 2. The summed E-state index contributed by atoms with van der Waals surface area (Å²) in [7, 11) is 4.10. The van der Waals surface area contributed by atoms with Crippen LogP contribution in [0.25, 0.3) is 0 Å². The molecule has 0 fully saturated rings. The molecule has 1 heterocycles. The van der Waals surface area contributed by atoms with Crippen LogP contribution < -0.4 is 5.32 Å². The van der Waals surface area contributed by atoms with Crippen molar-refractivity contribution < 1.29 is 4.74 Å². The second kappa shape index (κ2) is 8.17. The Kier molecular flexibility index (Phi) is 6.77. The predicted molar refractivity (Wildman–Crippen MR) is 70.0 cm³/mol. The van der Waals surface area contributed by atoms with E-state index in [0.717, 1.165) is 26.3 Å². The molecule has 0 aromatic carbocycles. The van der Waals surface area contributed by atoms with E-state index in [4.69, 9.17) is 4.74 Å². The van der Waals surface area contributed by atoms with Crippen LogP contribution >= 0.6 is 0 Å². The van der Waals surface area contributed by atoms with E-state index in [1.165, 1.54) is 5.56 Å². The Morgan fingerprint density at radius 3 is 2.88 bits per heavy atom. The number of rotatable bonds is 8. The molecule has 1 rings (SSSR count). The van der Waals surface area contributed by atoms with Crippen LogP contribution in [0.2, 0.25) is 0 Å². The fourth-order valence-electron chi connectivity index (χ4n) is 1.45. The molecule has 0 saturated heterocycles. The van der Waals surface area contributed by atoms with Crippen molar-refractivity contribution in [3.05, 3.63) is 30.1 Å². The number of hydrogen-bond donors (Lipinski definition) is 1. The summed E-state index contributed by atoms with van der Waals surface area (Å²) >= 11 is 0. The van der Waals surface area contributed by atoms with Crippen molar-refractivity contribution in [3.8, 4) is 0 Å². The third-order valence-electron chi connectivity index (χ3n) is 2.56. The first kappa shape index (κ1) is 14.1. The molecule has 1 aromatic rings. The highest BCUT2D eigenvalue weighted by Crippen LogP contribution is 2.08. The molecule has 1 N–H and O–H groups in total. The summed E-state index contributed by atoms with van der Waals surface area (Å²) < 4.78 is 5.51. The number of ether oxygens (including phenoxy) is 1. The molecule has 1 atom stereocenters. The summed E-state index contributed by atoms with van der Waals surface area (Å²) in [6, 6.07) is 4.36. The SMILES string of the molecule is CC(NCCOCCN(C)C)c1cccnc1. The van der Waals surface area contributed by atoms with Gasteiger partial charge in [0.1, 0.15) is 0 Å². The molecule has 0 amide bonds. The van der Waals surface area contributed by atoms with Gasteiger partial charge in [0, 0.05) is 31.5 Å². The second-order valence-corrected chi connectivity index (χ2v) is 4.38. The van der Waals surface area contributed by atoms with E-state index < -0.39 is 0 Å². The first-order valence-electron chi connectivity index (χ1n) is 6.06. The highest BCUT2D eigenvalue weighted by atomic mass is 16.5. The molecule has 0 saturated carbocycles. The van der Waals surface area contributed by atoms with Crippen molar-refractivity contribution in [1.29, 1.82) is 0 Å². The minimum Gasteiger partial charge on any atom is -0.379 e. The standard InChI is InChI=1S/C13H23N3O/c1-12(13-5-4-6-14-11-13)15-7-9-17-10-8-16(2)3/h4-6,11-12,15H,7-10H2,1-3H3. The van der Waals surface area contributed by atoms with Crippen molar-refractivity contribution >= 4 is 0 Å². The van der Waals surface area contributed by atoms with E-state index in [1.54, 1.807) is 6.20 Å². The Bertz CT molecular complexity index is 290. The molecule has 0 aliphatic heterocycles. The van der Waals surface area contributed by atoms with Crippen LogP contribution in [0, 0.1) is 0 Å². The summed E-state index contributed by atoms with van der Waals surface area (Å²) in [5, 5.41) is 3.41. The molecule has 4 heteroatoms. The van der Waals surface area contributed by atoms with Gasteiger partial charge in [-0.15, -0.1) is 0 Å². The van der Waals surface area contributed by atoms with Crippen LogP contribution in [-0.4, -0.2) is 50.3 Å². The van der Waals surface area contributed by atoms with Crippen molar-refractivity contribution in [2.45, 2.75) is 13.0 Å². The number of hydrogen-bond acceptors (Lipinski definition) is 4. The Balaban J connectivity index is 2.07. The Morgan fingerprint density at radius 1 is 1.41 bits per heavy atom. The summed E-state index contributed by atoms with van der Waals surface area (Å²) in [5.74, 6) is 0. The zero-order chi connectivity index (χ0) is 12.5. The average molecular weight is 237 g/mol. The lowest BCUT2D eigenvalue weighted by Crippen LogP contribution is -2.25. The van der Waals surface area contributed by atoms with Gasteiger partial charge in [0.25, 0.3) is 0 Å². The second-order valence-electron chi connectivity index (χ2n) is 4.38. The zero-order valence-electron chi connectivity index (χ0n) is 11.0. The number of aromatic nitrogens is 1. The lowest BCUT2D eigenvalue weighted by atomic mass is 10.1. The molecular formula is C13H23N3O. The quantitative estimate of drug-likeness (QED) is 0.692. The fraction of sp³-hybridized carbons (Fsp3) is 0.615. The fourth-order valence-corrected chi connectivity index (χ4v) is 1.45. The van der Waals surface area contributed by atoms with Gasteiger partial charge in [0.2, 0.25) is 0 Å².